The first-order valence-electron chi connectivity index (χ1n) is 6.99. The summed E-state index contributed by atoms with van der Waals surface area (Å²) in [7, 11) is 0. The number of nitriles is 1. The zero-order valence-corrected chi connectivity index (χ0v) is 11.6. The van der Waals surface area contributed by atoms with E-state index < -0.39 is 0 Å². The number of aromatic nitrogens is 1. The second-order valence-electron chi connectivity index (χ2n) is 4.82. The van der Waals surface area contributed by atoms with E-state index in [0.29, 0.717) is 31.1 Å². The van der Waals surface area contributed by atoms with Gasteiger partial charge in [0, 0.05) is 26.2 Å². The summed E-state index contributed by atoms with van der Waals surface area (Å²) in [4.78, 5) is 2.30. The number of ether oxygens (including phenoxy) is 1. The van der Waals surface area contributed by atoms with Gasteiger partial charge in [-0.25, -0.2) is 0 Å². The minimum Gasteiger partial charge on any atom is -0.396 e. The fourth-order valence-electron chi connectivity index (χ4n) is 2.64. The number of nitrogens with zero attached hydrogens (tertiary/aromatic N) is 3. The van der Waals surface area contributed by atoms with E-state index in [9.17, 15) is 5.26 Å². The van der Waals surface area contributed by atoms with Crippen LogP contribution in [-0.4, -0.2) is 30.9 Å². The Kier molecular flexibility index (Phi) is 4.69. The molecule has 1 aromatic heterocycles. The van der Waals surface area contributed by atoms with E-state index in [4.69, 9.17) is 10.5 Å². The molecule has 0 aliphatic carbocycles. The molecule has 19 heavy (non-hydrogen) atoms. The molecule has 2 heterocycles. The maximum absolute atomic E-state index is 9.23. The molecule has 1 aromatic rings. The predicted molar refractivity (Wildman–Crippen MR) is 76.1 cm³/mol. The molecule has 2 N–H and O–H groups in total. The zero-order valence-electron chi connectivity index (χ0n) is 11.6. The number of hydrogen-bond donors (Lipinski definition) is 1. The van der Waals surface area contributed by atoms with E-state index in [2.05, 4.69) is 11.0 Å². The Bertz CT molecular complexity index is 455. The fraction of sp³-hybridized carbons (Fsp3) is 0.643. The average molecular weight is 262 g/mol. The van der Waals surface area contributed by atoms with E-state index in [1.54, 1.807) is 6.07 Å². The minimum absolute atomic E-state index is 0.611. The summed E-state index contributed by atoms with van der Waals surface area (Å²) in [6.07, 6.45) is 3.66. The second-order valence-corrected chi connectivity index (χ2v) is 4.82. The van der Waals surface area contributed by atoms with Crippen LogP contribution in [-0.2, 0) is 11.3 Å². The van der Waals surface area contributed by atoms with Gasteiger partial charge in [-0.2, -0.15) is 5.26 Å². The summed E-state index contributed by atoms with van der Waals surface area (Å²) in [5.74, 6) is 0.996. The summed E-state index contributed by atoms with van der Waals surface area (Å²) >= 11 is 0. The summed E-state index contributed by atoms with van der Waals surface area (Å²) in [6, 6.07) is 4.00. The van der Waals surface area contributed by atoms with E-state index in [0.717, 1.165) is 18.9 Å². The summed E-state index contributed by atoms with van der Waals surface area (Å²) in [6.45, 7) is 6.00. The van der Waals surface area contributed by atoms with Crippen LogP contribution >= 0.6 is 0 Å². The van der Waals surface area contributed by atoms with Crippen LogP contribution in [0.2, 0.25) is 0 Å². The highest BCUT2D eigenvalue weighted by atomic mass is 16.5. The molecule has 1 aliphatic rings. The van der Waals surface area contributed by atoms with Gasteiger partial charge in [0.25, 0.3) is 0 Å². The van der Waals surface area contributed by atoms with Crippen molar-refractivity contribution in [2.45, 2.75) is 32.7 Å². The lowest BCUT2D eigenvalue weighted by molar-refractivity contribution is 0.139. The van der Waals surface area contributed by atoms with Gasteiger partial charge in [0.15, 0.2) is 0 Å². The van der Waals surface area contributed by atoms with Gasteiger partial charge in [0.1, 0.15) is 17.6 Å². The molecule has 5 heteroatoms. The van der Waals surface area contributed by atoms with E-state index >= 15 is 0 Å². The molecule has 0 saturated carbocycles. The van der Waals surface area contributed by atoms with Gasteiger partial charge in [-0.1, -0.05) is 0 Å². The molecule has 0 radical (unpaired) electrons. The highest BCUT2D eigenvalue weighted by Gasteiger charge is 2.20. The molecule has 0 aromatic carbocycles. The number of piperidine rings is 1. The van der Waals surface area contributed by atoms with Gasteiger partial charge in [0.2, 0.25) is 0 Å². The van der Waals surface area contributed by atoms with Crippen molar-refractivity contribution in [1.29, 1.82) is 5.26 Å². The number of hydrogen-bond acceptors (Lipinski definition) is 4. The standard InChI is InChI=1S/C14H22N4O/c1-2-19-9-8-18-12(11-15)10-13(16)14(18)17-6-4-3-5-7-17/h10H,2-9,16H2,1H3. The second kappa shape index (κ2) is 6.48. The molecule has 104 valence electrons. The summed E-state index contributed by atoms with van der Waals surface area (Å²) < 4.78 is 7.40. The number of anilines is 2. The van der Waals surface area contributed by atoms with Crippen molar-refractivity contribution < 1.29 is 4.74 Å². The lowest BCUT2D eigenvalue weighted by atomic mass is 10.1. The van der Waals surface area contributed by atoms with Crippen LogP contribution in [0.4, 0.5) is 11.5 Å². The molecule has 1 aliphatic heterocycles. The monoisotopic (exact) mass is 262 g/mol. The van der Waals surface area contributed by atoms with Crippen LogP contribution in [0.3, 0.4) is 0 Å². The molecule has 2 rings (SSSR count). The Morgan fingerprint density at radius 1 is 1.37 bits per heavy atom. The quantitative estimate of drug-likeness (QED) is 0.824. The normalized spacial score (nSPS) is 15.5. The predicted octanol–water partition coefficient (Wildman–Crippen LogP) is 1.97. The van der Waals surface area contributed by atoms with E-state index in [1.165, 1.54) is 19.3 Å². The Morgan fingerprint density at radius 3 is 2.74 bits per heavy atom. The molecule has 1 fully saturated rings. The summed E-state index contributed by atoms with van der Waals surface area (Å²) in [5, 5.41) is 9.23. The van der Waals surface area contributed by atoms with Crippen LogP contribution in [0.15, 0.2) is 6.07 Å². The Balaban J connectivity index is 2.24. The Hall–Kier alpha value is -1.67. The third kappa shape index (κ3) is 3.02. The van der Waals surface area contributed by atoms with E-state index in [-0.39, 0.29) is 0 Å². The highest BCUT2D eigenvalue weighted by Crippen LogP contribution is 2.30. The molecule has 5 nitrogen and oxygen atoms in total. The van der Waals surface area contributed by atoms with Gasteiger partial charge < -0.3 is 19.9 Å². The molecular formula is C14H22N4O. The van der Waals surface area contributed by atoms with Gasteiger partial charge in [0.05, 0.1) is 12.3 Å². The number of nitrogens with two attached hydrogens (primary N) is 1. The largest absolute Gasteiger partial charge is 0.396 e. The van der Waals surface area contributed by atoms with Crippen molar-refractivity contribution in [2.24, 2.45) is 0 Å². The maximum Gasteiger partial charge on any atom is 0.133 e. The topological polar surface area (TPSA) is 67.2 Å². The highest BCUT2D eigenvalue weighted by molar-refractivity contribution is 5.68. The molecule has 0 unspecified atom stereocenters. The molecule has 0 bridgehead atoms. The van der Waals surface area contributed by atoms with Gasteiger partial charge in [-0.3, -0.25) is 0 Å². The smallest absolute Gasteiger partial charge is 0.133 e. The molecule has 0 amide bonds. The van der Waals surface area contributed by atoms with Gasteiger partial charge >= 0.3 is 0 Å². The SMILES string of the molecule is CCOCCn1c(C#N)cc(N)c1N1CCCCC1. The van der Waals surface area contributed by atoms with Crippen molar-refractivity contribution in [3.63, 3.8) is 0 Å². The third-order valence-electron chi connectivity index (χ3n) is 3.53. The Morgan fingerprint density at radius 2 is 2.11 bits per heavy atom. The lowest BCUT2D eigenvalue weighted by Crippen LogP contribution is -2.32. The number of nitrogen functional groups attached to an aromatic ring is 1. The van der Waals surface area contributed by atoms with Crippen LogP contribution in [0.1, 0.15) is 31.9 Å². The number of rotatable bonds is 5. The van der Waals surface area contributed by atoms with Crippen molar-refractivity contribution in [3.8, 4) is 6.07 Å². The molecule has 1 saturated heterocycles. The van der Waals surface area contributed by atoms with Gasteiger partial charge in [-0.05, 0) is 32.3 Å². The fourth-order valence-corrected chi connectivity index (χ4v) is 2.64. The van der Waals surface area contributed by atoms with Crippen LogP contribution in [0.5, 0.6) is 0 Å². The lowest BCUT2D eigenvalue weighted by Gasteiger charge is -2.30. The van der Waals surface area contributed by atoms with Crippen molar-refractivity contribution in [3.05, 3.63) is 11.8 Å². The summed E-state index contributed by atoms with van der Waals surface area (Å²) in [5.41, 5.74) is 7.43. The minimum atomic E-state index is 0.611. The van der Waals surface area contributed by atoms with Crippen LogP contribution in [0, 0.1) is 11.3 Å². The maximum atomic E-state index is 9.23. The molecular weight excluding hydrogens is 240 g/mol. The van der Waals surface area contributed by atoms with Crippen molar-refractivity contribution in [1.82, 2.24) is 4.57 Å². The zero-order chi connectivity index (χ0) is 13.7. The van der Waals surface area contributed by atoms with Crippen LogP contribution in [0.25, 0.3) is 0 Å². The van der Waals surface area contributed by atoms with Gasteiger partial charge in [-0.15, -0.1) is 0 Å². The average Bonchev–Trinajstić information content (AvgIpc) is 2.76. The molecule has 0 atom stereocenters. The third-order valence-corrected chi connectivity index (χ3v) is 3.53. The van der Waals surface area contributed by atoms with E-state index in [1.807, 2.05) is 11.5 Å². The van der Waals surface area contributed by atoms with Crippen molar-refractivity contribution >= 4 is 11.5 Å². The first kappa shape index (κ1) is 13.8. The first-order valence-corrected chi connectivity index (χ1v) is 6.99. The van der Waals surface area contributed by atoms with Crippen molar-refractivity contribution in [2.75, 3.05) is 36.9 Å². The molecule has 0 spiro atoms. The van der Waals surface area contributed by atoms with Crippen LogP contribution < -0.4 is 10.6 Å². The first-order chi connectivity index (χ1) is 9.27. The Labute approximate surface area is 114 Å².